The van der Waals surface area contributed by atoms with Crippen LogP contribution in [0.1, 0.15) is 44.9 Å². The molecule has 2 aliphatic rings. The zero-order valence-corrected chi connectivity index (χ0v) is 11.5. The number of nitrogens with two attached hydrogens (primary N) is 1. The molecule has 0 saturated heterocycles. The minimum absolute atomic E-state index is 0.0983. The van der Waals surface area contributed by atoms with E-state index in [4.69, 9.17) is 5.73 Å². The Kier molecular flexibility index (Phi) is 5.19. The van der Waals surface area contributed by atoms with E-state index >= 15 is 0 Å². The van der Waals surface area contributed by atoms with Gasteiger partial charge < -0.3 is 16.4 Å². The zero-order valence-electron chi connectivity index (χ0n) is 11.5. The summed E-state index contributed by atoms with van der Waals surface area (Å²) in [6, 6.07) is 0.331. The monoisotopic (exact) mass is 267 g/mol. The van der Waals surface area contributed by atoms with Crippen molar-refractivity contribution in [2.75, 3.05) is 13.1 Å². The smallest absolute Gasteiger partial charge is 0.223 e. The molecule has 0 aliphatic heterocycles. The Morgan fingerprint density at radius 1 is 0.947 bits per heavy atom. The van der Waals surface area contributed by atoms with Gasteiger partial charge in [-0.3, -0.25) is 9.59 Å². The van der Waals surface area contributed by atoms with Crippen molar-refractivity contribution < 1.29 is 9.59 Å². The molecule has 0 aromatic rings. The van der Waals surface area contributed by atoms with Crippen LogP contribution in [-0.4, -0.2) is 30.9 Å². The lowest BCUT2D eigenvalue weighted by Crippen LogP contribution is -2.36. The molecule has 2 fully saturated rings. The van der Waals surface area contributed by atoms with E-state index in [1.165, 1.54) is 0 Å². The molecular weight excluding hydrogens is 242 g/mol. The molecule has 0 aromatic heterocycles. The Balaban J connectivity index is 1.50. The topological polar surface area (TPSA) is 84.2 Å². The van der Waals surface area contributed by atoms with Crippen molar-refractivity contribution in [2.24, 2.45) is 17.6 Å². The number of carbonyl (C=O) groups excluding carboxylic acids is 2. The van der Waals surface area contributed by atoms with Gasteiger partial charge in [-0.15, -0.1) is 0 Å². The third kappa shape index (κ3) is 5.19. The number of carbonyl (C=O) groups is 2. The van der Waals surface area contributed by atoms with Crippen LogP contribution in [0.5, 0.6) is 0 Å². The Morgan fingerprint density at radius 2 is 1.58 bits per heavy atom. The summed E-state index contributed by atoms with van der Waals surface area (Å²) in [5, 5.41) is 5.71. The Labute approximate surface area is 114 Å². The van der Waals surface area contributed by atoms with Gasteiger partial charge in [-0.2, -0.15) is 0 Å². The van der Waals surface area contributed by atoms with Crippen molar-refractivity contribution in [3.8, 4) is 0 Å². The molecule has 2 saturated carbocycles. The van der Waals surface area contributed by atoms with E-state index < -0.39 is 0 Å². The van der Waals surface area contributed by atoms with Gasteiger partial charge in [0.2, 0.25) is 11.8 Å². The molecule has 0 unspecified atom stereocenters. The average molecular weight is 267 g/mol. The van der Waals surface area contributed by atoms with E-state index in [9.17, 15) is 9.59 Å². The maximum atomic E-state index is 11.7. The lowest BCUT2D eigenvalue weighted by atomic mass is 9.84. The highest BCUT2D eigenvalue weighted by atomic mass is 16.2. The van der Waals surface area contributed by atoms with E-state index in [0.717, 1.165) is 38.5 Å². The molecule has 4 N–H and O–H groups in total. The van der Waals surface area contributed by atoms with Gasteiger partial charge in [0.25, 0.3) is 0 Å². The lowest BCUT2D eigenvalue weighted by molar-refractivity contribution is -0.124. The van der Waals surface area contributed by atoms with E-state index in [2.05, 4.69) is 10.6 Å². The molecule has 0 spiro atoms. The van der Waals surface area contributed by atoms with Gasteiger partial charge in [-0.05, 0) is 44.4 Å². The molecule has 2 rings (SSSR count). The Bertz CT molecular complexity index is 321. The van der Waals surface area contributed by atoms with Gasteiger partial charge in [0.1, 0.15) is 0 Å². The van der Waals surface area contributed by atoms with Crippen LogP contribution < -0.4 is 16.4 Å². The molecule has 0 radical (unpaired) electrons. The minimum atomic E-state index is 0.0983. The van der Waals surface area contributed by atoms with Crippen LogP contribution in [0.15, 0.2) is 0 Å². The summed E-state index contributed by atoms with van der Waals surface area (Å²) < 4.78 is 0. The fourth-order valence-electron chi connectivity index (χ4n) is 2.60. The van der Waals surface area contributed by atoms with Crippen molar-refractivity contribution in [3.63, 3.8) is 0 Å². The van der Waals surface area contributed by atoms with Crippen molar-refractivity contribution in [1.29, 1.82) is 0 Å². The van der Waals surface area contributed by atoms with Crippen LogP contribution >= 0.6 is 0 Å². The Morgan fingerprint density at radius 3 is 2.21 bits per heavy atom. The van der Waals surface area contributed by atoms with E-state index in [1.54, 1.807) is 0 Å². The number of nitrogens with one attached hydrogen (secondary N) is 2. The number of hydrogen-bond acceptors (Lipinski definition) is 3. The summed E-state index contributed by atoms with van der Waals surface area (Å²) in [5.41, 5.74) is 5.84. The second-order valence-corrected chi connectivity index (χ2v) is 5.90. The lowest BCUT2D eigenvalue weighted by Gasteiger charge is -2.25. The highest BCUT2D eigenvalue weighted by Crippen LogP contribution is 2.28. The van der Waals surface area contributed by atoms with Crippen LogP contribution in [0.2, 0.25) is 0 Å². The standard InChI is InChI=1S/C14H25N3O2/c15-12-5-1-10(2-6-12)9-13(18)16-7-8-17-14(19)11-3-4-11/h10-12H,1-9,15H2,(H,16,18)(H,17,19). The first kappa shape index (κ1) is 14.3. The molecule has 0 bridgehead atoms. The molecule has 5 heteroatoms. The molecule has 0 aromatic carbocycles. The van der Waals surface area contributed by atoms with Gasteiger partial charge in [-0.1, -0.05) is 0 Å². The van der Waals surface area contributed by atoms with Crippen molar-refractivity contribution >= 4 is 11.8 Å². The van der Waals surface area contributed by atoms with Gasteiger partial charge in [0.05, 0.1) is 0 Å². The number of hydrogen-bond donors (Lipinski definition) is 3. The van der Waals surface area contributed by atoms with Crippen LogP contribution in [0.3, 0.4) is 0 Å². The van der Waals surface area contributed by atoms with Crippen LogP contribution in [0, 0.1) is 11.8 Å². The fraction of sp³-hybridized carbons (Fsp3) is 0.857. The summed E-state index contributed by atoms with van der Waals surface area (Å²) in [6.45, 7) is 1.07. The second kappa shape index (κ2) is 6.89. The zero-order chi connectivity index (χ0) is 13.7. The van der Waals surface area contributed by atoms with Crippen molar-refractivity contribution in [1.82, 2.24) is 10.6 Å². The minimum Gasteiger partial charge on any atom is -0.354 e. The molecule has 19 heavy (non-hydrogen) atoms. The fourth-order valence-corrected chi connectivity index (χ4v) is 2.60. The second-order valence-electron chi connectivity index (χ2n) is 5.90. The Hall–Kier alpha value is -1.10. The molecule has 5 nitrogen and oxygen atoms in total. The number of rotatable bonds is 6. The predicted octanol–water partition coefficient (Wildman–Crippen LogP) is 0.536. The molecule has 0 atom stereocenters. The third-order valence-corrected chi connectivity index (χ3v) is 4.06. The summed E-state index contributed by atoms with van der Waals surface area (Å²) in [6.07, 6.45) is 6.83. The summed E-state index contributed by atoms with van der Waals surface area (Å²) in [4.78, 5) is 23.1. The third-order valence-electron chi connectivity index (χ3n) is 4.06. The quantitative estimate of drug-likeness (QED) is 0.614. The molecular formula is C14H25N3O2. The number of amides is 2. The van der Waals surface area contributed by atoms with Gasteiger partial charge in [-0.25, -0.2) is 0 Å². The largest absolute Gasteiger partial charge is 0.354 e. The summed E-state index contributed by atoms with van der Waals surface area (Å²) in [7, 11) is 0. The first-order chi connectivity index (χ1) is 9.15. The maximum absolute atomic E-state index is 11.7. The van der Waals surface area contributed by atoms with Crippen molar-refractivity contribution in [2.45, 2.75) is 51.0 Å². The summed E-state index contributed by atoms with van der Waals surface area (Å²) >= 11 is 0. The predicted molar refractivity (Wildman–Crippen MR) is 73.3 cm³/mol. The van der Waals surface area contributed by atoms with Crippen LogP contribution in [0.25, 0.3) is 0 Å². The first-order valence-corrected chi connectivity index (χ1v) is 7.45. The maximum Gasteiger partial charge on any atom is 0.223 e. The average Bonchev–Trinajstić information content (AvgIpc) is 3.21. The van der Waals surface area contributed by atoms with E-state index in [1.807, 2.05) is 0 Å². The molecule has 2 amide bonds. The van der Waals surface area contributed by atoms with Crippen molar-refractivity contribution in [3.05, 3.63) is 0 Å². The van der Waals surface area contributed by atoms with E-state index in [-0.39, 0.29) is 17.7 Å². The molecule has 108 valence electrons. The molecule has 0 heterocycles. The highest BCUT2D eigenvalue weighted by molar-refractivity contribution is 5.81. The highest BCUT2D eigenvalue weighted by Gasteiger charge is 2.29. The van der Waals surface area contributed by atoms with Gasteiger partial charge in [0, 0.05) is 31.5 Å². The van der Waals surface area contributed by atoms with Crippen LogP contribution in [-0.2, 0) is 9.59 Å². The van der Waals surface area contributed by atoms with Crippen LogP contribution in [0.4, 0.5) is 0 Å². The van der Waals surface area contributed by atoms with Gasteiger partial charge in [0.15, 0.2) is 0 Å². The van der Waals surface area contributed by atoms with Gasteiger partial charge >= 0.3 is 0 Å². The normalized spacial score (nSPS) is 26.8. The SMILES string of the molecule is NC1CCC(CC(=O)NCCNC(=O)C2CC2)CC1. The molecule has 2 aliphatic carbocycles. The first-order valence-electron chi connectivity index (χ1n) is 7.45. The summed E-state index contributed by atoms with van der Waals surface area (Å²) in [5.74, 6) is 0.958. The van der Waals surface area contributed by atoms with E-state index in [0.29, 0.717) is 31.5 Å².